The van der Waals surface area contributed by atoms with E-state index in [4.69, 9.17) is 5.73 Å². The van der Waals surface area contributed by atoms with Gasteiger partial charge in [0.05, 0.1) is 0 Å². The Balaban J connectivity index is 2.91. The van der Waals surface area contributed by atoms with E-state index >= 15 is 0 Å². The third kappa shape index (κ3) is 4.59. The molecule has 1 aliphatic rings. The molecule has 0 unspecified atom stereocenters. The number of alkyl halides is 3. The van der Waals surface area contributed by atoms with Gasteiger partial charge in [0.15, 0.2) is 0 Å². The van der Waals surface area contributed by atoms with Crippen molar-refractivity contribution in [2.24, 2.45) is 5.73 Å². The lowest BCUT2D eigenvalue weighted by atomic mass is 9.87. The van der Waals surface area contributed by atoms with E-state index < -0.39 is 23.8 Å². The van der Waals surface area contributed by atoms with Crippen LogP contribution in [0.15, 0.2) is 0 Å². The van der Waals surface area contributed by atoms with Crippen LogP contribution < -0.4 is 5.73 Å². The first kappa shape index (κ1) is 18.7. The molecule has 5 nitrogen and oxygen atoms in total. The molecule has 0 aromatic carbocycles. The molecule has 0 radical (unpaired) electrons. The number of nitrogens with two attached hydrogens (primary N) is 1. The molecule has 0 aromatic heterocycles. The quantitative estimate of drug-likeness (QED) is 0.640. The number of nitrogens with zero attached hydrogens (tertiary/aromatic N) is 1. The zero-order valence-electron chi connectivity index (χ0n) is 13.1. The van der Waals surface area contributed by atoms with E-state index in [0.29, 0.717) is 32.1 Å². The molecule has 1 rings (SSSR count). The molecule has 0 saturated heterocycles. The second kappa shape index (κ2) is 6.85. The first-order chi connectivity index (χ1) is 9.99. The third-order valence-corrected chi connectivity index (χ3v) is 4.23. The van der Waals surface area contributed by atoms with Crippen molar-refractivity contribution in [1.82, 2.24) is 4.90 Å². The lowest BCUT2D eigenvalue weighted by molar-refractivity contribution is -0.194. The van der Waals surface area contributed by atoms with Gasteiger partial charge in [-0.3, -0.25) is 4.90 Å². The van der Waals surface area contributed by atoms with Gasteiger partial charge in [0.25, 0.3) is 0 Å². The zero-order valence-corrected chi connectivity index (χ0v) is 13.1. The second-order valence-corrected chi connectivity index (χ2v) is 6.26. The number of halogens is 3. The molecule has 22 heavy (non-hydrogen) atoms. The van der Waals surface area contributed by atoms with Crippen molar-refractivity contribution >= 4 is 12.1 Å². The summed E-state index contributed by atoms with van der Waals surface area (Å²) in [5.41, 5.74) is 5.10. The minimum atomic E-state index is -5.19. The predicted octanol–water partition coefficient (Wildman–Crippen LogP) is 2.97. The van der Waals surface area contributed by atoms with E-state index in [1.807, 2.05) is 6.92 Å². The van der Waals surface area contributed by atoms with Crippen LogP contribution in [0.1, 0.15) is 52.9 Å². The Morgan fingerprint density at radius 3 is 2.09 bits per heavy atom. The minimum absolute atomic E-state index is 0.0377. The standard InChI is InChI=1S/C14H23F3N2O3/c1-4-13(2,3)19(10-7-5-9(18)6-8-10)12(21)22-11(20)14(15,16)17/h9-10H,4-8,18H2,1-3H3. The molecule has 1 amide bonds. The molecule has 8 heteroatoms. The van der Waals surface area contributed by atoms with E-state index in [0.717, 1.165) is 0 Å². The average Bonchev–Trinajstić information content (AvgIpc) is 2.40. The first-order valence-corrected chi connectivity index (χ1v) is 7.37. The number of hydrogen-bond acceptors (Lipinski definition) is 4. The highest BCUT2D eigenvalue weighted by Gasteiger charge is 2.45. The van der Waals surface area contributed by atoms with Gasteiger partial charge in [-0.05, 0) is 46.0 Å². The van der Waals surface area contributed by atoms with Crippen molar-refractivity contribution in [2.45, 2.75) is 76.7 Å². The summed E-state index contributed by atoms with van der Waals surface area (Å²) in [4.78, 5) is 24.3. The molecule has 0 bridgehead atoms. The first-order valence-electron chi connectivity index (χ1n) is 7.37. The molecule has 1 fully saturated rings. The maximum atomic E-state index is 12.3. The molecule has 0 aliphatic heterocycles. The maximum absolute atomic E-state index is 12.3. The summed E-state index contributed by atoms with van der Waals surface area (Å²) in [6.45, 7) is 5.29. The fraction of sp³-hybridized carbons (Fsp3) is 0.857. The summed E-state index contributed by atoms with van der Waals surface area (Å²) >= 11 is 0. The van der Waals surface area contributed by atoms with E-state index in [1.54, 1.807) is 13.8 Å². The van der Waals surface area contributed by atoms with Gasteiger partial charge >= 0.3 is 18.2 Å². The fourth-order valence-electron chi connectivity index (χ4n) is 2.61. The van der Waals surface area contributed by atoms with E-state index in [2.05, 4.69) is 4.74 Å². The number of rotatable bonds is 3. The van der Waals surface area contributed by atoms with Gasteiger partial charge in [-0.1, -0.05) is 6.92 Å². The van der Waals surface area contributed by atoms with E-state index in [1.165, 1.54) is 4.90 Å². The normalized spacial score (nSPS) is 23.0. The Morgan fingerprint density at radius 2 is 1.68 bits per heavy atom. The summed E-state index contributed by atoms with van der Waals surface area (Å²) in [5, 5.41) is 0. The van der Waals surface area contributed by atoms with Crippen molar-refractivity contribution in [3.05, 3.63) is 0 Å². The van der Waals surface area contributed by atoms with Crippen LogP contribution in [0.3, 0.4) is 0 Å². The highest BCUT2D eigenvalue weighted by molar-refractivity contribution is 5.88. The molecule has 1 saturated carbocycles. The minimum Gasteiger partial charge on any atom is -0.369 e. The SMILES string of the molecule is CCC(C)(C)N(C(=O)OC(=O)C(F)(F)F)C1CCC(N)CC1. The van der Waals surface area contributed by atoms with Gasteiger partial charge in [0.2, 0.25) is 0 Å². The van der Waals surface area contributed by atoms with Crippen LogP contribution in [0.5, 0.6) is 0 Å². The average molecular weight is 324 g/mol. The van der Waals surface area contributed by atoms with Crippen LogP contribution in [-0.2, 0) is 9.53 Å². The van der Waals surface area contributed by atoms with Crippen LogP contribution in [0, 0.1) is 0 Å². The Kier molecular flexibility index (Phi) is 5.83. The molecular weight excluding hydrogens is 301 g/mol. The summed E-state index contributed by atoms with van der Waals surface area (Å²) < 4.78 is 40.9. The molecular formula is C14H23F3N2O3. The van der Waals surface area contributed by atoms with Crippen molar-refractivity contribution in [2.75, 3.05) is 0 Å². The summed E-state index contributed by atoms with van der Waals surface area (Å²) in [7, 11) is 0. The van der Waals surface area contributed by atoms with E-state index in [9.17, 15) is 22.8 Å². The highest BCUT2D eigenvalue weighted by Crippen LogP contribution is 2.31. The van der Waals surface area contributed by atoms with E-state index in [-0.39, 0.29) is 12.1 Å². The van der Waals surface area contributed by atoms with Gasteiger partial charge < -0.3 is 10.5 Å². The fourth-order valence-corrected chi connectivity index (χ4v) is 2.61. The number of esters is 1. The summed E-state index contributed by atoms with van der Waals surface area (Å²) in [6, 6.07) is -0.237. The summed E-state index contributed by atoms with van der Waals surface area (Å²) in [6.07, 6.45) is -3.38. The van der Waals surface area contributed by atoms with Crippen LogP contribution in [0.4, 0.5) is 18.0 Å². The Morgan fingerprint density at radius 1 is 1.18 bits per heavy atom. The second-order valence-electron chi connectivity index (χ2n) is 6.26. The Labute approximate surface area is 128 Å². The lowest BCUT2D eigenvalue weighted by Crippen LogP contribution is -2.55. The number of hydrogen-bond donors (Lipinski definition) is 1. The van der Waals surface area contributed by atoms with Crippen molar-refractivity contribution in [3.63, 3.8) is 0 Å². The molecule has 0 heterocycles. The lowest BCUT2D eigenvalue weighted by Gasteiger charge is -2.44. The van der Waals surface area contributed by atoms with Crippen molar-refractivity contribution in [3.8, 4) is 0 Å². The monoisotopic (exact) mass is 324 g/mol. The van der Waals surface area contributed by atoms with Crippen LogP contribution in [0.2, 0.25) is 0 Å². The van der Waals surface area contributed by atoms with Crippen LogP contribution in [0.25, 0.3) is 0 Å². The topological polar surface area (TPSA) is 72.6 Å². The van der Waals surface area contributed by atoms with Gasteiger partial charge in [-0.15, -0.1) is 0 Å². The third-order valence-electron chi connectivity index (χ3n) is 4.23. The van der Waals surface area contributed by atoms with Crippen molar-refractivity contribution < 1.29 is 27.5 Å². The molecule has 0 spiro atoms. The Hall–Kier alpha value is -1.31. The molecule has 2 N–H and O–H groups in total. The largest absolute Gasteiger partial charge is 0.491 e. The Bertz CT molecular complexity index is 416. The van der Waals surface area contributed by atoms with Gasteiger partial charge in [-0.25, -0.2) is 9.59 Å². The van der Waals surface area contributed by atoms with Gasteiger partial charge in [0, 0.05) is 17.6 Å². The molecule has 0 aromatic rings. The van der Waals surface area contributed by atoms with Gasteiger partial charge in [0.1, 0.15) is 0 Å². The maximum Gasteiger partial charge on any atom is 0.491 e. The van der Waals surface area contributed by atoms with Gasteiger partial charge in [-0.2, -0.15) is 13.2 Å². The number of carbonyl (C=O) groups is 2. The number of amides is 1. The smallest absolute Gasteiger partial charge is 0.369 e. The number of carbonyl (C=O) groups excluding carboxylic acids is 2. The number of ether oxygens (including phenoxy) is 1. The molecule has 128 valence electrons. The highest BCUT2D eigenvalue weighted by atomic mass is 19.4. The summed E-state index contributed by atoms with van der Waals surface area (Å²) in [5.74, 6) is -2.48. The van der Waals surface area contributed by atoms with Crippen LogP contribution in [-0.4, -0.2) is 40.8 Å². The van der Waals surface area contributed by atoms with Crippen LogP contribution >= 0.6 is 0 Å². The molecule has 0 atom stereocenters. The predicted molar refractivity (Wildman–Crippen MR) is 74.0 cm³/mol. The zero-order chi connectivity index (χ0) is 17.1. The molecule has 1 aliphatic carbocycles. The van der Waals surface area contributed by atoms with Crippen molar-refractivity contribution in [1.29, 1.82) is 0 Å².